The van der Waals surface area contributed by atoms with Crippen molar-refractivity contribution in [1.29, 1.82) is 0 Å². The van der Waals surface area contributed by atoms with E-state index in [0.717, 1.165) is 4.90 Å². The van der Waals surface area contributed by atoms with Crippen molar-refractivity contribution in [2.24, 2.45) is 0 Å². The third-order valence-electron chi connectivity index (χ3n) is 4.20. The van der Waals surface area contributed by atoms with Crippen LogP contribution in [0.5, 0.6) is 0 Å². The molecular weight excluding hydrogens is 380 g/mol. The maximum atomic E-state index is 12.8. The molecule has 0 radical (unpaired) electrons. The highest BCUT2D eigenvalue weighted by Gasteiger charge is 2.24. The molecule has 0 bridgehead atoms. The van der Waals surface area contributed by atoms with Crippen molar-refractivity contribution in [2.45, 2.75) is 42.7 Å². The van der Waals surface area contributed by atoms with E-state index in [9.17, 15) is 13.2 Å². The van der Waals surface area contributed by atoms with Gasteiger partial charge in [0.05, 0.1) is 10.1 Å². The van der Waals surface area contributed by atoms with E-state index in [4.69, 9.17) is 0 Å². The number of carbonyl (C=O) groups excluding carboxylic acids is 1. The van der Waals surface area contributed by atoms with Gasteiger partial charge < -0.3 is 5.32 Å². The number of nitrogens with zero attached hydrogens (tertiary/aromatic N) is 1. The van der Waals surface area contributed by atoms with E-state index < -0.39 is 10.0 Å². The zero-order valence-corrected chi connectivity index (χ0v) is 17.7. The summed E-state index contributed by atoms with van der Waals surface area (Å²) in [4.78, 5) is 13.8. The van der Waals surface area contributed by atoms with Gasteiger partial charge in [-0.05, 0) is 43.7 Å². The van der Waals surface area contributed by atoms with Gasteiger partial charge in [0, 0.05) is 23.7 Å². The van der Waals surface area contributed by atoms with E-state index >= 15 is 0 Å². The largest absolute Gasteiger partial charge is 0.325 e. The maximum Gasteiger partial charge on any atom is 0.243 e. The van der Waals surface area contributed by atoms with Crippen LogP contribution in [0.4, 0.5) is 5.69 Å². The van der Waals surface area contributed by atoms with Crippen LogP contribution in [0.2, 0.25) is 0 Å². The number of thioether (sulfide) groups is 1. The van der Waals surface area contributed by atoms with Crippen LogP contribution in [0.3, 0.4) is 0 Å². The highest BCUT2D eigenvalue weighted by Crippen LogP contribution is 2.26. The first-order valence-corrected chi connectivity index (χ1v) is 11.2. The molecule has 1 N–H and O–H groups in total. The monoisotopic (exact) mass is 406 g/mol. The summed E-state index contributed by atoms with van der Waals surface area (Å²) in [5.41, 5.74) is 1.14. The summed E-state index contributed by atoms with van der Waals surface area (Å²) in [5, 5.41) is 2.53. The first-order chi connectivity index (χ1) is 12.8. The normalized spacial score (nSPS) is 12.8. The van der Waals surface area contributed by atoms with Crippen LogP contribution < -0.4 is 5.32 Å². The smallest absolute Gasteiger partial charge is 0.243 e. The number of nitrogens with one attached hydrogen (secondary N) is 1. The van der Waals surface area contributed by atoms with Crippen LogP contribution in [0, 0.1) is 6.92 Å². The fraction of sp³-hybridized carbons (Fsp3) is 0.350. The van der Waals surface area contributed by atoms with Crippen LogP contribution in [0.15, 0.2) is 58.3 Å². The predicted octanol–water partition coefficient (Wildman–Crippen LogP) is 4.14. The zero-order chi connectivity index (χ0) is 20.0. The Bertz CT molecular complexity index is 879. The second-order valence-electron chi connectivity index (χ2n) is 6.13. The third-order valence-corrected chi connectivity index (χ3v) is 7.51. The molecule has 7 heteroatoms. The molecule has 0 aliphatic heterocycles. The highest BCUT2D eigenvalue weighted by molar-refractivity contribution is 8.00. The van der Waals surface area contributed by atoms with E-state index in [-0.39, 0.29) is 16.1 Å². The first-order valence-electron chi connectivity index (χ1n) is 8.93. The zero-order valence-electron chi connectivity index (χ0n) is 16.1. The van der Waals surface area contributed by atoms with Gasteiger partial charge in [-0.1, -0.05) is 38.1 Å². The fourth-order valence-electron chi connectivity index (χ4n) is 2.66. The third kappa shape index (κ3) is 5.34. The predicted molar refractivity (Wildman–Crippen MR) is 112 cm³/mol. The van der Waals surface area contributed by atoms with Gasteiger partial charge in [0.1, 0.15) is 0 Å². The van der Waals surface area contributed by atoms with Crippen LogP contribution in [0.1, 0.15) is 26.3 Å². The lowest BCUT2D eigenvalue weighted by Gasteiger charge is -2.20. The minimum Gasteiger partial charge on any atom is -0.325 e. The number of anilines is 1. The van der Waals surface area contributed by atoms with Crippen molar-refractivity contribution in [1.82, 2.24) is 4.31 Å². The Hall–Kier alpha value is -1.83. The molecule has 0 aliphatic carbocycles. The number of hydrogen-bond acceptors (Lipinski definition) is 4. The van der Waals surface area contributed by atoms with Gasteiger partial charge in [0.2, 0.25) is 15.9 Å². The van der Waals surface area contributed by atoms with Crippen LogP contribution >= 0.6 is 11.8 Å². The molecule has 2 aromatic rings. The summed E-state index contributed by atoms with van der Waals surface area (Å²) in [6.07, 6.45) is 0. The molecule has 0 heterocycles. The van der Waals surface area contributed by atoms with Crippen molar-refractivity contribution in [3.05, 3.63) is 54.1 Å². The molecule has 1 amide bonds. The Morgan fingerprint density at radius 3 is 2.33 bits per heavy atom. The summed E-state index contributed by atoms with van der Waals surface area (Å²) in [5.74, 6) is -0.168. The van der Waals surface area contributed by atoms with Gasteiger partial charge in [-0.3, -0.25) is 4.79 Å². The number of carbonyl (C=O) groups is 1. The van der Waals surface area contributed by atoms with Crippen LogP contribution in [0.25, 0.3) is 0 Å². The lowest BCUT2D eigenvalue weighted by atomic mass is 10.2. The van der Waals surface area contributed by atoms with Gasteiger partial charge in [0.25, 0.3) is 0 Å². The molecule has 0 aliphatic rings. The number of rotatable bonds is 8. The van der Waals surface area contributed by atoms with Crippen LogP contribution in [-0.4, -0.2) is 37.0 Å². The molecule has 2 aromatic carbocycles. The summed E-state index contributed by atoms with van der Waals surface area (Å²) in [7, 11) is -3.58. The number of sulfonamides is 1. The van der Waals surface area contributed by atoms with Gasteiger partial charge >= 0.3 is 0 Å². The second-order valence-corrected chi connectivity index (χ2v) is 9.45. The summed E-state index contributed by atoms with van der Waals surface area (Å²) < 4.78 is 27.1. The topological polar surface area (TPSA) is 66.5 Å². The average molecular weight is 407 g/mol. The summed E-state index contributed by atoms with van der Waals surface area (Å²) in [6.45, 7) is 8.01. The minimum absolute atomic E-state index is 0.168. The molecule has 0 saturated carbocycles. The van der Waals surface area contributed by atoms with Crippen molar-refractivity contribution < 1.29 is 13.2 Å². The Kier molecular flexibility index (Phi) is 7.47. The molecule has 1 unspecified atom stereocenters. The van der Waals surface area contributed by atoms with Gasteiger partial charge in [-0.15, -0.1) is 11.8 Å². The molecule has 146 valence electrons. The lowest BCUT2D eigenvalue weighted by Crippen LogP contribution is -2.31. The van der Waals surface area contributed by atoms with E-state index in [2.05, 4.69) is 5.32 Å². The molecule has 1 atom stereocenters. The number of amides is 1. The van der Waals surface area contributed by atoms with Crippen molar-refractivity contribution >= 4 is 33.4 Å². The summed E-state index contributed by atoms with van der Waals surface area (Å²) >= 11 is 1.46. The maximum absolute atomic E-state index is 12.8. The van der Waals surface area contributed by atoms with Crippen molar-refractivity contribution in [3.8, 4) is 0 Å². The van der Waals surface area contributed by atoms with Gasteiger partial charge in [-0.2, -0.15) is 4.31 Å². The molecule has 0 saturated heterocycles. The number of benzene rings is 2. The van der Waals surface area contributed by atoms with Gasteiger partial charge in [-0.25, -0.2) is 8.42 Å². The number of aryl methyl sites for hydroxylation is 1. The van der Waals surface area contributed by atoms with E-state index in [1.165, 1.54) is 16.1 Å². The van der Waals surface area contributed by atoms with Crippen LogP contribution in [-0.2, 0) is 14.8 Å². The molecule has 5 nitrogen and oxygen atoms in total. The highest BCUT2D eigenvalue weighted by atomic mass is 32.2. The Balaban J connectivity index is 2.19. The van der Waals surface area contributed by atoms with Crippen molar-refractivity contribution in [3.63, 3.8) is 0 Å². The minimum atomic E-state index is -3.58. The summed E-state index contributed by atoms with van der Waals surface area (Å²) in [6, 6.07) is 14.7. The Morgan fingerprint density at radius 1 is 1.11 bits per heavy atom. The molecule has 2 rings (SSSR count). The SMILES string of the molecule is CCN(CC)S(=O)(=O)c1cc(NC(=O)C(C)Sc2ccccc2)ccc1C. The van der Waals surface area contributed by atoms with Crippen molar-refractivity contribution in [2.75, 3.05) is 18.4 Å². The molecule has 27 heavy (non-hydrogen) atoms. The first kappa shape index (κ1) is 21.5. The van der Waals surface area contributed by atoms with E-state index in [1.54, 1.807) is 25.1 Å². The average Bonchev–Trinajstić information content (AvgIpc) is 2.64. The fourth-order valence-corrected chi connectivity index (χ4v) is 5.26. The molecule has 0 fully saturated rings. The number of hydrogen-bond donors (Lipinski definition) is 1. The van der Waals surface area contributed by atoms with Gasteiger partial charge in [0.15, 0.2) is 0 Å². The Labute approximate surface area is 166 Å². The molecule has 0 spiro atoms. The second kappa shape index (κ2) is 9.39. The molecular formula is C20H26N2O3S2. The quantitative estimate of drug-likeness (QED) is 0.669. The van der Waals surface area contributed by atoms with E-state index in [1.807, 2.05) is 51.1 Å². The lowest BCUT2D eigenvalue weighted by molar-refractivity contribution is -0.115. The molecule has 0 aromatic heterocycles. The standard InChI is InChI=1S/C20H26N2O3S2/c1-5-22(6-2)27(24,25)19-14-17(13-12-15(19)3)21-20(23)16(4)26-18-10-8-7-9-11-18/h7-14,16H,5-6H2,1-4H3,(H,21,23). The van der Waals surface area contributed by atoms with E-state index in [0.29, 0.717) is 24.3 Å². The Morgan fingerprint density at radius 2 is 1.74 bits per heavy atom.